The number of aryl methyl sites for hydroxylation is 1. The predicted octanol–water partition coefficient (Wildman–Crippen LogP) is 3.54. The zero-order valence-electron chi connectivity index (χ0n) is 15.4. The van der Waals surface area contributed by atoms with Gasteiger partial charge in [0.05, 0.1) is 16.6 Å². The number of carbonyl (C=O) groups is 1. The van der Waals surface area contributed by atoms with Crippen molar-refractivity contribution in [2.75, 3.05) is 17.9 Å². The lowest BCUT2D eigenvalue weighted by atomic mass is 9.95. The molecular formula is C20H23FN2O3S. The molecule has 27 heavy (non-hydrogen) atoms. The number of hydrogen-bond acceptors (Lipinski definition) is 3. The highest BCUT2D eigenvalue weighted by Crippen LogP contribution is 2.39. The van der Waals surface area contributed by atoms with Crippen LogP contribution in [0.3, 0.4) is 0 Å². The number of aliphatic carboxylic acids is 1. The maximum Gasteiger partial charge on any atom is 0.303 e. The van der Waals surface area contributed by atoms with Crippen molar-refractivity contribution in [1.29, 1.82) is 0 Å². The summed E-state index contributed by atoms with van der Waals surface area (Å²) in [7, 11) is 0.326. The minimum Gasteiger partial charge on any atom is -0.481 e. The highest BCUT2D eigenvalue weighted by atomic mass is 32.2. The lowest BCUT2D eigenvalue weighted by Crippen LogP contribution is -2.24. The SMILES string of the molecule is Cc1cc2c(cc1F)C(NCCCCC(=O)O)c1ccccc1N(C)S2=O. The summed E-state index contributed by atoms with van der Waals surface area (Å²) in [6, 6.07) is 10.5. The molecule has 2 N–H and O–H groups in total. The van der Waals surface area contributed by atoms with Crippen LogP contribution < -0.4 is 9.62 Å². The van der Waals surface area contributed by atoms with Crippen molar-refractivity contribution in [3.05, 3.63) is 58.9 Å². The number of fused-ring (bicyclic) bond motifs is 2. The number of halogens is 1. The molecule has 2 unspecified atom stereocenters. The van der Waals surface area contributed by atoms with Gasteiger partial charge in [-0.05, 0) is 61.2 Å². The van der Waals surface area contributed by atoms with Crippen LogP contribution in [0.25, 0.3) is 0 Å². The molecular weight excluding hydrogens is 367 g/mol. The first-order chi connectivity index (χ1) is 12.9. The Morgan fingerprint density at radius 3 is 2.74 bits per heavy atom. The molecule has 3 rings (SSSR count). The van der Waals surface area contributed by atoms with Crippen LogP contribution in [0.15, 0.2) is 41.3 Å². The third-order valence-electron chi connectivity index (χ3n) is 4.79. The molecule has 0 fully saturated rings. The van der Waals surface area contributed by atoms with Gasteiger partial charge in [-0.3, -0.25) is 9.10 Å². The first-order valence-electron chi connectivity index (χ1n) is 8.90. The Bertz CT molecular complexity index is 888. The van der Waals surface area contributed by atoms with Gasteiger partial charge >= 0.3 is 5.97 Å². The molecule has 2 aromatic rings. The van der Waals surface area contributed by atoms with Gasteiger partial charge in [-0.25, -0.2) is 8.60 Å². The van der Waals surface area contributed by atoms with Crippen LogP contribution in [0, 0.1) is 12.7 Å². The molecule has 2 atom stereocenters. The Morgan fingerprint density at radius 1 is 1.26 bits per heavy atom. The molecule has 0 amide bonds. The zero-order chi connectivity index (χ0) is 19.6. The summed E-state index contributed by atoms with van der Waals surface area (Å²) in [5.74, 6) is -1.14. The Hall–Kier alpha value is -2.25. The normalized spacial score (nSPS) is 18.6. The number of anilines is 1. The third-order valence-corrected chi connectivity index (χ3v) is 6.22. The monoisotopic (exact) mass is 390 g/mol. The molecule has 1 aliphatic rings. The number of carboxylic acids is 1. The topological polar surface area (TPSA) is 69.6 Å². The van der Waals surface area contributed by atoms with Crippen LogP contribution in [-0.4, -0.2) is 28.9 Å². The van der Waals surface area contributed by atoms with E-state index in [4.69, 9.17) is 5.11 Å². The van der Waals surface area contributed by atoms with Gasteiger partial charge in [0.25, 0.3) is 0 Å². The van der Waals surface area contributed by atoms with Crippen LogP contribution in [0.1, 0.15) is 42.0 Å². The van der Waals surface area contributed by atoms with E-state index in [1.807, 2.05) is 24.3 Å². The molecule has 144 valence electrons. The number of para-hydroxylation sites is 1. The molecule has 2 aromatic carbocycles. The number of nitrogens with zero attached hydrogens (tertiary/aromatic N) is 1. The van der Waals surface area contributed by atoms with Crippen LogP contribution in [0.4, 0.5) is 10.1 Å². The molecule has 0 saturated heterocycles. The summed E-state index contributed by atoms with van der Waals surface area (Å²) in [4.78, 5) is 11.3. The number of unbranched alkanes of at least 4 members (excludes halogenated alkanes) is 1. The van der Waals surface area contributed by atoms with Gasteiger partial charge in [-0.1, -0.05) is 18.2 Å². The number of benzene rings is 2. The Labute approximate surface area is 160 Å². The minimum atomic E-state index is -1.44. The van der Waals surface area contributed by atoms with Crippen LogP contribution >= 0.6 is 0 Å². The standard InChI is InChI=1S/C20H23FN2O3S/c1-13-11-18-15(12-16(13)21)20(22-10-6-5-9-19(24)25)14-7-3-4-8-17(14)23(2)27(18)26/h3-4,7-8,11-12,20,22H,5-6,9-10H2,1-2H3,(H,24,25). The lowest BCUT2D eigenvalue weighted by Gasteiger charge is -2.22. The average Bonchev–Trinajstić information content (AvgIpc) is 2.72. The van der Waals surface area contributed by atoms with E-state index in [0.29, 0.717) is 35.4 Å². The second kappa shape index (κ2) is 8.19. The van der Waals surface area contributed by atoms with E-state index in [2.05, 4.69) is 5.32 Å². The van der Waals surface area contributed by atoms with Gasteiger partial charge in [0.2, 0.25) is 0 Å². The Kier molecular flexibility index (Phi) is 5.92. The molecule has 5 nitrogen and oxygen atoms in total. The van der Waals surface area contributed by atoms with E-state index in [1.165, 1.54) is 6.07 Å². The Morgan fingerprint density at radius 2 is 2.00 bits per heavy atom. The largest absolute Gasteiger partial charge is 0.481 e. The maximum absolute atomic E-state index is 14.3. The first kappa shape index (κ1) is 19.5. The van der Waals surface area contributed by atoms with E-state index in [-0.39, 0.29) is 18.3 Å². The lowest BCUT2D eigenvalue weighted by molar-refractivity contribution is -0.137. The quantitative estimate of drug-likeness (QED) is 0.741. The average molecular weight is 390 g/mol. The van der Waals surface area contributed by atoms with E-state index < -0.39 is 17.0 Å². The fraction of sp³-hybridized carbons (Fsp3) is 0.350. The molecule has 0 spiro atoms. The number of nitrogens with one attached hydrogen (secondary N) is 1. The van der Waals surface area contributed by atoms with E-state index in [1.54, 1.807) is 24.3 Å². The van der Waals surface area contributed by atoms with Crippen LogP contribution in [0.5, 0.6) is 0 Å². The number of hydrogen-bond donors (Lipinski definition) is 2. The summed E-state index contributed by atoms with van der Waals surface area (Å²) in [6.45, 7) is 2.25. The van der Waals surface area contributed by atoms with Gasteiger partial charge in [0.15, 0.2) is 11.0 Å². The van der Waals surface area contributed by atoms with Gasteiger partial charge in [-0.15, -0.1) is 0 Å². The van der Waals surface area contributed by atoms with E-state index >= 15 is 0 Å². The van der Waals surface area contributed by atoms with Crippen LogP contribution in [0.2, 0.25) is 0 Å². The number of carboxylic acid groups (broad SMARTS) is 1. The van der Waals surface area contributed by atoms with Gasteiger partial charge in [0.1, 0.15) is 5.82 Å². The molecule has 0 aromatic heterocycles. The predicted molar refractivity (Wildman–Crippen MR) is 104 cm³/mol. The third kappa shape index (κ3) is 4.04. The first-order valence-corrected chi connectivity index (χ1v) is 10.0. The summed E-state index contributed by atoms with van der Waals surface area (Å²) in [6.07, 6.45) is 1.38. The Balaban J connectivity index is 1.99. The molecule has 0 radical (unpaired) electrons. The van der Waals surface area contributed by atoms with Crippen molar-refractivity contribution >= 4 is 22.6 Å². The van der Waals surface area contributed by atoms with Crippen molar-refractivity contribution in [2.45, 2.75) is 37.1 Å². The highest BCUT2D eigenvalue weighted by Gasteiger charge is 2.30. The summed E-state index contributed by atoms with van der Waals surface area (Å²) < 4.78 is 29.1. The van der Waals surface area contributed by atoms with Gasteiger partial charge in [0, 0.05) is 13.5 Å². The second-order valence-corrected chi connectivity index (χ2v) is 8.17. The fourth-order valence-electron chi connectivity index (χ4n) is 3.34. The molecule has 1 heterocycles. The van der Waals surface area contributed by atoms with Crippen molar-refractivity contribution < 1.29 is 18.5 Å². The summed E-state index contributed by atoms with van der Waals surface area (Å²) in [5.41, 5.74) is 2.87. The summed E-state index contributed by atoms with van der Waals surface area (Å²) >= 11 is 0. The molecule has 0 bridgehead atoms. The molecule has 7 heteroatoms. The van der Waals surface area contributed by atoms with Crippen molar-refractivity contribution in [1.82, 2.24) is 5.32 Å². The zero-order valence-corrected chi connectivity index (χ0v) is 16.2. The second-order valence-electron chi connectivity index (χ2n) is 6.68. The van der Waals surface area contributed by atoms with Crippen molar-refractivity contribution in [2.24, 2.45) is 0 Å². The van der Waals surface area contributed by atoms with E-state index in [0.717, 1.165) is 11.3 Å². The maximum atomic E-state index is 14.3. The van der Waals surface area contributed by atoms with Gasteiger partial charge < -0.3 is 10.4 Å². The molecule has 0 aliphatic carbocycles. The van der Waals surface area contributed by atoms with Gasteiger partial charge in [-0.2, -0.15) is 0 Å². The van der Waals surface area contributed by atoms with Crippen LogP contribution in [-0.2, 0) is 15.8 Å². The molecule has 0 saturated carbocycles. The molecule has 1 aliphatic heterocycles. The highest BCUT2D eigenvalue weighted by molar-refractivity contribution is 7.86. The number of rotatable bonds is 6. The smallest absolute Gasteiger partial charge is 0.303 e. The fourth-order valence-corrected chi connectivity index (χ4v) is 4.63. The summed E-state index contributed by atoms with van der Waals surface area (Å²) in [5, 5.41) is 12.2. The van der Waals surface area contributed by atoms with E-state index in [9.17, 15) is 13.4 Å². The van der Waals surface area contributed by atoms with Crippen molar-refractivity contribution in [3.63, 3.8) is 0 Å². The minimum absolute atomic E-state index is 0.125. The van der Waals surface area contributed by atoms with Crippen molar-refractivity contribution in [3.8, 4) is 0 Å².